The Morgan fingerprint density at radius 2 is 2.38 bits per heavy atom. The maximum absolute atomic E-state index is 11.8. The molecule has 1 amide bonds. The first-order valence-corrected chi connectivity index (χ1v) is 5.46. The van der Waals surface area contributed by atoms with Gasteiger partial charge in [-0.15, -0.1) is 0 Å². The lowest BCUT2D eigenvalue weighted by Gasteiger charge is -2.15. The van der Waals surface area contributed by atoms with Crippen LogP contribution in [0.15, 0.2) is 18.3 Å². The number of nitrogens with zero attached hydrogens (tertiary/aromatic N) is 1. The number of hydrogen-bond acceptors (Lipinski definition) is 3. The quantitative estimate of drug-likeness (QED) is 0.803. The summed E-state index contributed by atoms with van der Waals surface area (Å²) in [6, 6.07) is 3.26. The lowest BCUT2D eigenvalue weighted by atomic mass is 10.2. The standard InChI is InChI=1S/C11H15ClN2O2/c1-3-9(7-16-2)14-11(15)8-4-5-10(12)13-6-8/h4-6,9H,3,7H2,1-2H3,(H,14,15). The molecule has 0 aliphatic carbocycles. The highest BCUT2D eigenvalue weighted by Gasteiger charge is 2.11. The molecule has 0 aromatic carbocycles. The second kappa shape index (κ2) is 6.45. The van der Waals surface area contributed by atoms with Gasteiger partial charge < -0.3 is 10.1 Å². The Morgan fingerprint density at radius 3 is 2.88 bits per heavy atom. The molecule has 1 rings (SSSR count). The van der Waals surface area contributed by atoms with Crippen LogP contribution in [0.2, 0.25) is 5.15 Å². The summed E-state index contributed by atoms with van der Waals surface area (Å²) in [5.74, 6) is -0.159. The van der Waals surface area contributed by atoms with E-state index >= 15 is 0 Å². The molecule has 0 fully saturated rings. The predicted molar refractivity (Wildman–Crippen MR) is 62.7 cm³/mol. The van der Waals surface area contributed by atoms with Crippen LogP contribution < -0.4 is 5.32 Å². The van der Waals surface area contributed by atoms with Gasteiger partial charge in [-0.1, -0.05) is 18.5 Å². The van der Waals surface area contributed by atoms with Gasteiger partial charge in [-0.25, -0.2) is 4.98 Å². The Bertz CT molecular complexity index is 340. The summed E-state index contributed by atoms with van der Waals surface area (Å²) < 4.78 is 5.00. The molecular formula is C11H15ClN2O2. The number of carbonyl (C=O) groups excluding carboxylic acids is 1. The number of carbonyl (C=O) groups is 1. The van der Waals surface area contributed by atoms with Gasteiger partial charge >= 0.3 is 0 Å². The first-order valence-electron chi connectivity index (χ1n) is 5.08. The van der Waals surface area contributed by atoms with Crippen LogP contribution in [0.5, 0.6) is 0 Å². The van der Waals surface area contributed by atoms with Crippen molar-refractivity contribution in [2.75, 3.05) is 13.7 Å². The van der Waals surface area contributed by atoms with Crippen LogP contribution in [0.25, 0.3) is 0 Å². The van der Waals surface area contributed by atoms with Gasteiger partial charge in [-0.05, 0) is 18.6 Å². The SMILES string of the molecule is CCC(COC)NC(=O)c1ccc(Cl)nc1. The van der Waals surface area contributed by atoms with Gasteiger partial charge in [-0.3, -0.25) is 4.79 Å². The fourth-order valence-electron chi connectivity index (χ4n) is 1.24. The number of pyridine rings is 1. The molecule has 88 valence electrons. The van der Waals surface area contributed by atoms with E-state index in [1.165, 1.54) is 6.20 Å². The van der Waals surface area contributed by atoms with E-state index < -0.39 is 0 Å². The zero-order valence-electron chi connectivity index (χ0n) is 9.37. The second-order valence-electron chi connectivity index (χ2n) is 3.40. The number of ether oxygens (including phenoxy) is 1. The monoisotopic (exact) mass is 242 g/mol. The van der Waals surface area contributed by atoms with E-state index in [1.807, 2.05) is 6.92 Å². The van der Waals surface area contributed by atoms with Crippen molar-refractivity contribution in [1.29, 1.82) is 0 Å². The van der Waals surface area contributed by atoms with Crippen molar-refractivity contribution in [2.45, 2.75) is 19.4 Å². The number of aromatic nitrogens is 1. The molecule has 0 spiro atoms. The molecule has 1 heterocycles. The van der Waals surface area contributed by atoms with Gasteiger partial charge in [0.2, 0.25) is 0 Å². The van der Waals surface area contributed by atoms with E-state index in [0.717, 1.165) is 6.42 Å². The summed E-state index contributed by atoms with van der Waals surface area (Å²) in [5.41, 5.74) is 0.499. The third-order valence-corrected chi connectivity index (χ3v) is 2.41. The molecule has 16 heavy (non-hydrogen) atoms. The molecule has 1 N–H and O–H groups in total. The molecule has 0 saturated carbocycles. The van der Waals surface area contributed by atoms with Crippen LogP contribution in [0.1, 0.15) is 23.7 Å². The highest BCUT2D eigenvalue weighted by molar-refractivity contribution is 6.29. The maximum Gasteiger partial charge on any atom is 0.253 e. The molecule has 0 bridgehead atoms. The molecule has 1 aromatic heterocycles. The number of amides is 1. The van der Waals surface area contributed by atoms with Gasteiger partial charge in [0.15, 0.2) is 0 Å². The minimum atomic E-state index is -0.159. The molecule has 0 saturated heterocycles. The van der Waals surface area contributed by atoms with E-state index in [4.69, 9.17) is 16.3 Å². The molecule has 0 aliphatic heterocycles. The van der Waals surface area contributed by atoms with E-state index in [1.54, 1.807) is 19.2 Å². The van der Waals surface area contributed by atoms with Crippen LogP contribution in [0.4, 0.5) is 0 Å². The number of hydrogen-bond donors (Lipinski definition) is 1. The van der Waals surface area contributed by atoms with Gasteiger partial charge in [0, 0.05) is 13.3 Å². The summed E-state index contributed by atoms with van der Waals surface area (Å²) in [6.07, 6.45) is 2.28. The van der Waals surface area contributed by atoms with E-state index in [0.29, 0.717) is 17.3 Å². The van der Waals surface area contributed by atoms with Crippen LogP contribution in [0.3, 0.4) is 0 Å². The largest absolute Gasteiger partial charge is 0.383 e. The summed E-state index contributed by atoms with van der Waals surface area (Å²) in [5, 5.41) is 3.23. The zero-order valence-corrected chi connectivity index (χ0v) is 10.1. The zero-order chi connectivity index (χ0) is 12.0. The number of halogens is 1. The highest BCUT2D eigenvalue weighted by atomic mass is 35.5. The highest BCUT2D eigenvalue weighted by Crippen LogP contribution is 2.05. The average molecular weight is 243 g/mol. The Hall–Kier alpha value is -1.13. The molecule has 0 radical (unpaired) electrons. The smallest absolute Gasteiger partial charge is 0.253 e. The third-order valence-electron chi connectivity index (χ3n) is 2.19. The Kier molecular flexibility index (Phi) is 5.22. The fraction of sp³-hybridized carbons (Fsp3) is 0.455. The molecule has 1 atom stereocenters. The number of nitrogens with one attached hydrogen (secondary N) is 1. The lowest BCUT2D eigenvalue weighted by molar-refractivity contribution is 0.0894. The first kappa shape index (κ1) is 12.9. The number of methoxy groups -OCH3 is 1. The van der Waals surface area contributed by atoms with Crippen molar-refractivity contribution in [2.24, 2.45) is 0 Å². The third kappa shape index (κ3) is 3.79. The van der Waals surface area contributed by atoms with Gasteiger partial charge in [0.25, 0.3) is 5.91 Å². The Balaban J connectivity index is 2.60. The van der Waals surface area contributed by atoms with Crippen LogP contribution in [0, 0.1) is 0 Å². The molecule has 5 heteroatoms. The maximum atomic E-state index is 11.8. The van der Waals surface area contributed by atoms with Crippen LogP contribution in [-0.4, -0.2) is 30.6 Å². The lowest BCUT2D eigenvalue weighted by Crippen LogP contribution is -2.37. The Labute approximate surface area is 100.0 Å². The van der Waals surface area contributed by atoms with Gasteiger partial charge in [0.1, 0.15) is 5.15 Å². The van der Waals surface area contributed by atoms with Gasteiger partial charge in [0.05, 0.1) is 18.2 Å². The number of rotatable bonds is 5. The van der Waals surface area contributed by atoms with Crippen molar-refractivity contribution in [3.63, 3.8) is 0 Å². The summed E-state index contributed by atoms with van der Waals surface area (Å²) >= 11 is 5.64. The van der Waals surface area contributed by atoms with E-state index in [9.17, 15) is 4.79 Å². The van der Waals surface area contributed by atoms with E-state index in [2.05, 4.69) is 10.3 Å². The predicted octanol–water partition coefficient (Wildman–Crippen LogP) is 1.89. The van der Waals surface area contributed by atoms with Crippen molar-refractivity contribution in [1.82, 2.24) is 10.3 Å². The first-order chi connectivity index (χ1) is 7.67. The molecule has 1 aromatic rings. The van der Waals surface area contributed by atoms with Crippen LogP contribution >= 0.6 is 11.6 Å². The summed E-state index contributed by atoms with van der Waals surface area (Å²) in [7, 11) is 1.61. The van der Waals surface area contributed by atoms with Crippen molar-refractivity contribution >= 4 is 17.5 Å². The van der Waals surface area contributed by atoms with Crippen molar-refractivity contribution < 1.29 is 9.53 Å². The fourth-order valence-corrected chi connectivity index (χ4v) is 1.35. The Morgan fingerprint density at radius 1 is 1.62 bits per heavy atom. The van der Waals surface area contributed by atoms with Gasteiger partial charge in [-0.2, -0.15) is 0 Å². The normalized spacial score (nSPS) is 12.2. The summed E-state index contributed by atoms with van der Waals surface area (Å²) in [4.78, 5) is 15.6. The molecule has 4 nitrogen and oxygen atoms in total. The molecule has 1 unspecified atom stereocenters. The molecule has 0 aliphatic rings. The van der Waals surface area contributed by atoms with Crippen LogP contribution in [-0.2, 0) is 4.74 Å². The average Bonchev–Trinajstić information content (AvgIpc) is 2.29. The summed E-state index contributed by atoms with van der Waals surface area (Å²) in [6.45, 7) is 2.49. The minimum Gasteiger partial charge on any atom is -0.383 e. The van der Waals surface area contributed by atoms with E-state index in [-0.39, 0.29) is 11.9 Å². The second-order valence-corrected chi connectivity index (χ2v) is 3.79. The topological polar surface area (TPSA) is 51.2 Å². The van der Waals surface area contributed by atoms with Crippen molar-refractivity contribution in [3.05, 3.63) is 29.0 Å². The minimum absolute atomic E-state index is 0.0215. The van der Waals surface area contributed by atoms with Crippen molar-refractivity contribution in [3.8, 4) is 0 Å². The molecular weight excluding hydrogens is 228 g/mol.